The van der Waals surface area contributed by atoms with E-state index in [4.69, 9.17) is 4.74 Å². The summed E-state index contributed by atoms with van der Waals surface area (Å²) in [6.07, 6.45) is 1.72. The molecule has 0 bridgehead atoms. The van der Waals surface area contributed by atoms with Crippen molar-refractivity contribution >= 4 is 26.8 Å². The van der Waals surface area contributed by atoms with Crippen molar-refractivity contribution in [3.63, 3.8) is 0 Å². The molecular formula is C18H19N3O4S. The third-order valence-electron chi connectivity index (χ3n) is 3.74. The van der Waals surface area contributed by atoms with Crippen molar-refractivity contribution in [3.05, 3.63) is 54.4 Å². The quantitative estimate of drug-likeness (QED) is 0.656. The van der Waals surface area contributed by atoms with E-state index in [1.165, 1.54) is 24.3 Å². The Bertz CT molecular complexity index is 977. The lowest BCUT2D eigenvalue weighted by Gasteiger charge is -2.07. The van der Waals surface area contributed by atoms with Gasteiger partial charge in [-0.3, -0.25) is 4.79 Å². The van der Waals surface area contributed by atoms with Crippen molar-refractivity contribution in [1.82, 2.24) is 15.3 Å². The van der Waals surface area contributed by atoms with Crippen LogP contribution in [0.5, 0.6) is 5.75 Å². The van der Waals surface area contributed by atoms with E-state index in [1.807, 2.05) is 24.3 Å². The van der Waals surface area contributed by atoms with Gasteiger partial charge < -0.3 is 15.0 Å². The van der Waals surface area contributed by atoms with Crippen LogP contribution in [-0.4, -0.2) is 43.7 Å². The highest BCUT2D eigenvalue weighted by Gasteiger charge is 2.08. The average molecular weight is 373 g/mol. The third-order valence-corrected chi connectivity index (χ3v) is 4.87. The van der Waals surface area contributed by atoms with Crippen molar-refractivity contribution in [3.8, 4) is 5.75 Å². The summed E-state index contributed by atoms with van der Waals surface area (Å²) in [5.41, 5.74) is 1.87. The fraction of sp³-hybridized carbons (Fsp3) is 0.222. The molecular weight excluding hydrogens is 354 g/mol. The highest BCUT2D eigenvalue weighted by Crippen LogP contribution is 2.15. The van der Waals surface area contributed by atoms with Gasteiger partial charge in [-0.2, -0.15) is 0 Å². The maximum atomic E-state index is 11.8. The first-order chi connectivity index (χ1) is 12.4. The van der Waals surface area contributed by atoms with Crippen LogP contribution in [0.1, 0.15) is 5.82 Å². The predicted octanol–water partition coefficient (Wildman–Crippen LogP) is 1.70. The zero-order valence-corrected chi connectivity index (χ0v) is 15.0. The Morgan fingerprint density at radius 2 is 1.88 bits per heavy atom. The lowest BCUT2D eigenvalue weighted by Crippen LogP contribution is -2.30. The van der Waals surface area contributed by atoms with Gasteiger partial charge in [0.2, 0.25) is 0 Å². The van der Waals surface area contributed by atoms with E-state index in [0.29, 0.717) is 18.7 Å². The summed E-state index contributed by atoms with van der Waals surface area (Å²) in [6.45, 7) is 0.299. The minimum Gasteiger partial charge on any atom is -0.484 e. The van der Waals surface area contributed by atoms with Crippen LogP contribution in [0.3, 0.4) is 0 Å². The van der Waals surface area contributed by atoms with E-state index >= 15 is 0 Å². The molecule has 0 saturated carbocycles. The van der Waals surface area contributed by atoms with Crippen LogP contribution in [0.4, 0.5) is 0 Å². The molecule has 2 aromatic carbocycles. The summed E-state index contributed by atoms with van der Waals surface area (Å²) < 4.78 is 28.1. The number of aromatic amines is 1. The smallest absolute Gasteiger partial charge is 0.257 e. The fourth-order valence-corrected chi connectivity index (χ4v) is 3.06. The molecule has 136 valence electrons. The number of imidazole rings is 1. The monoisotopic (exact) mass is 373 g/mol. The highest BCUT2D eigenvalue weighted by molar-refractivity contribution is 7.90. The van der Waals surface area contributed by atoms with Crippen molar-refractivity contribution < 1.29 is 17.9 Å². The van der Waals surface area contributed by atoms with Gasteiger partial charge in [-0.05, 0) is 36.4 Å². The first-order valence-corrected chi connectivity index (χ1v) is 9.94. The van der Waals surface area contributed by atoms with Gasteiger partial charge in [0.15, 0.2) is 16.4 Å². The van der Waals surface area contributed by atoms with Crippen LogP contribution >= 0.6 is 0 Å². The summed E-state index contributed by atoms with van der Waals surface area (Å²) >= 11 is 0. The van der Waals surface area contributed by atoms with Crippen LogP contribution < -0.4 is 10.1 Å². The van der Waals surface area contributed by atoms with Crippen LogP contribution in [0.15, 0.2) is 53.4 Å². The number of aromatic nitrogens is 2. The van der Waals surface area contributed by atoms with E-state index in [0.717, 1.165) is 23.1 Å². The van der Waals surface area contributed by atoms with E-state index in [9.17, 15) is 13.2 Å². The zero-order chi connectivity index (χ0) is 18.6. The average Bonchev–Trinajstić information content (AvgIpc) is 3.02. The number of rotatable bonds is 7. The van der Waals surface area contributed by atoms with Gasteiger partial charge in [-0.25, -0.2) is 13.4 Å². The first kappa shape index (κ1) is 17.9. The summed E-state index contributed by atoms with van der Waals surface area (Å²) in [5.74, 6) is 0.988. The SMILES string of the molecule is CS(=O)(=O)c1ccc(OCC(=O)NCCc2nc3ccccc3[nH]2)cc1. The summed E-state index contributed by atoms with van der Waals surface area (Å²) in [6, 6.07) is 13.7. The van der Waals surface area contributed by atoms with Gasteiger partial charge in [-0.1, -0.05) is 12.1 Å². The van der Waals surface area contributed by atoms with Crippen molar-refractivity contribution in [2.24, 2.45) is 0 Å². The van der Waals surface area contributed by atoms with E-state index in [-0.39, 0.29) is 17.4 Å². The Morgan fingerprint density at radius 3 is 2.58 bits per heavy atom. The minimum atomic E-state index is -3.24. The molecule has 3 rings (SSSR count). The second-order valence-electron chi connectivity index (χ2n) is 5.83. The molecule has 0 aliphatic rings. The van der Waals surface area contributed by atoms with Crippen molar-refractivity contribution in [2.45, 2.75) is 11.3 Å². The molecule has 0 aliphatic heterocycles. The molecule has 3 aromatic rings. The Balaban J connectivity index is 1.44. The number of hydrogen-bond donors (Lipinski definition) is 2. The number of benzene rings is 2. The molecule has 0 unspecified atom stereocenters. The van der Waals surface area contributed by atoms with Crippen molar-refractivity contribution in [1.29, 1.82) is 0 Å². The van der Waals surface area contributed by atoms with Crippen LogP contribution in [0.25, 0.3) is 11.0 Å². The molecule has 0 saturated heterocycles. The molecule has 7 nitrogen and oxygen atoms in total. The predicted molar refractivity (Wildman–Crippen MR) is 97.9 cm³/mol. The van der Waals surface area contributed by atoms with Gasteiger partial charge >= 0.3 is 0 Å². The molecule has 26 heavy (non-hydrogen) atoms. The van der Waals surface area contributed by atoms with Crippen LogP contribution in [0.2, 0.25) is 0 Å². The maximum Gasteiger partial charge on any atom is 0.257 e. The van der Waals surface area contributed by atoms with Gasteiger partial charge in [0.1, 0.15) is 11.6 Å². The minimum absolute atomic E-state index is 0.141. The number of nitrogens with zero attached hydrogens (tertiary/aromatic N) is 1. The molecule has 8 heteroatoms. The van der Waals surface area contributed by atoms with Gasteiger partial charge in [0, 0.05) is 19.2 Å². The maximum absolute atomic E-state index is 11.8. The largest absolute Gasteiger partial charge is 0.484 e. The first-order valence-electron chi connectivity index (χ1n) is 8.05. The Morgan fingerprint density at radius 1 is 1.15 bits per heavy atom. The summed E-state index contributed by atoms with van der Waals surface area (Å²) in [7, 11) is -3.24. The Hall–Kier alpha value is -2.87. The van der Waals surface area contributed by atoms with Gasteiger partial charge in [-0.15, -0.1) is 0 Å². The molecule has 0 aliphatic carbocycles. The Labute approximate surface area is 151 Å². The number of nitrogens with one attached hydrogen (secondary N) is 2. The van der Waals surface area contributed by atoms with E-state index in [1.54, 1.807) is 0 Å². The number of amides is 1. The standard InChI is InChI=1S/C18H19N3O4S/c1-26(23,24)14-8-6-13(7-9-14)25-12-18(22)19-11-10-17-20-15-4-2-3-5-16(15)21-17/h2-9H,10-12H2,1H3,(H,19,22)(H,20,21). The normalized spacial score (nSPS) is 11.4. The van der Waals surface area contributed by atoms with Crippen LogP contribution in [0, 0.1) is 0 Å². The third kappa shape index (κ3) is 4.60. The van der Waals surface area contributed by atoms with Crippen molar-refractivity contribution in [2.75, 3.05) is 19.4 Å². The second kappa shape index (κ2) is 7.57. The number of hydrogen-bond acceptors (Lipinski definition) is 5. The Kier molecular flexibility index (Phi) is 5.22. The lowest BCUT2D eigenvalue weighted by atomic mass is 10.3. The summed E-state index contributed by atoms with van der Waals surface area (Å²) in [5, 5.41) is 2.76. The number of sulfone groups is 1. The van der Waals surface area contributed by atoms with E-state index in [2.05, 4.69) is 15.3 Å². The second-order valence-corrected chi connectivity index (χ2v) is 7.85. The van der Waals surface area contributed by atoms with E-state index < -0.39 is 9.84 Å². The number of fused-ring (bicyclic) bond motifs is 1. The number of H-pyrrole nitrogens is 1. The molecule has 1 amide bonds. The molecule has 0 fully saturated rings. The molecule has 1 aromatic heterocycles. The molecule has 0 radical (unpaired) electrons. The molecule has 2 N–H and O–H groups in total. The van der Waals surface area contributed by atoms with Gasteiger partial charge in [0.05, 0.1) is 15.9 Å². The molecule has 0 spiro atoms. The number of carbonyl (C=O) groups excluding carboxylic acids is 1. The number of carbonyl (C=O) groups is 1. The zero-order valence-electron chi connectivity index (χ0n) is 14.2. The lowest BCUT2D eigenvalue weighted by molar-refractivity contribution is -0.123. The summed E-state index contributed by atoms with van der Waals surface area (Å²) in [4.78, 5) is 19.7. The highest BCUT2D eigenvalue weighted by atomic mass is 32.2. The van der Waals surface area contributed by atoms with Crippen LogP contribution in [-0.2, 0) is 21.1 Å². The fourth-order valence-electron chi connectivity index (χ4n) is 2.43. The topological polar surface area (TPSA) is 101 Å². The number of ether oxygens (including phenoxy) is 1. The number of para-hydroxylation sites is 2. The molecule has 0 atom stereocenters. The molecule has 1 heterocycles. The van der Waals surface area contributed by atoms with Gasteiger partial charge in [0.25, 0.3) is 5.91 Å².